The van der Waals surface area contributed by atoms with Crippen molar-refractivity contribution in [2.45, 2.75) is 106 Å². The van der Waals surface area contributed by atoms with Gasteiger partial charge in [0.05, 0.1) is 17.2 Å². The topological polar surface area (TPSA) is 150 Å². The second kappa shape index (κ2) is 19.3. The molecule has 6 atom stereocenters. The second-order valence-corrected chi connectivity index (χ2v) is 14.7. The predicted molar refractivity (Wildman–Crippen MR) is 176 cm³/mol. The number of amides is 4. The number of carbonyl (C=O) groups is 4. The molecule has 0 aliphatic heterocycles. The minimum absolute atomic E-state index is 0.103. The summed E-state index contributed by atoms with van der Waals surface area (Å²) in [6.45, 7) is 17.7. The number of aromatic nitrogens is 1. The van der Waals surface area contributed by atoms with Gasteiger partial charge >= 0.3 is 0 Å². The lowest BCUT2D eigenvalue weighted by Crippen LogP contribution is -2.55. The molecule has 0 saturated carbocycles. The summed E-state index contributed by atoms with van der Waals surface area (Å²) >= 11 is 2.96. The molecule has 0 saturated heterocycles. The first-order chi connectivity index (χ1) is 20.0. The fourth-order valence-electron chi connectivity index (χ4n) is 4.50. The van der Waals surface area contributed by atoms with Gasteiger partial charge in [0, 0.05) is 41.6 Å². The number of nitrogens with one attached hydrogen (secondary N) is 4. The zero-order valence-corrected chi connectivity index (χ0v) is 29.3. The predicted octanol–water partition coefficient (Wildman–Crippen LogP) is 3.31. The maximum absolute atomic E-state index is 13.4. The molecule has 0 radical (unpaired) electrons. The molecule has 1 heterocycles. The summed E-state index contributed by atoms with van der Waals surface area (Å²) in [7, 11) is 0. The van der Waals surface area contributed by atoms with E-state index in [9.17, 15) is 24.3 Å². The molecule has 0 fully saturated rings. The van der Waals surface area contributed by atoms with Crippen LogP contribution in [0.1, 0.15) is 78.9 Å². The number of rotatable bonds is 19. The van der Waals surface area contributed by atoms with Crippen LogP contribution in [0.4, 0.5) is 0 Å². The number of nitrogens with zero attached hydrogens (tertiary/aromatic N) is 1. The summed E-state index contributed by atoms with van der Waals surface area (Å²) in [6, 6.07) is -2.08. The van der Waals surface area contributed by atoms with Crippen LogP contribution in [0.25, 0.3) is 0 Å². The van der Waals surface area contributed by atoms with Crippen LogP contribution in [-0.2, 0) is 25.6 Å². The highest BCUT2D eigenvalue weighted by molar-refractivity contribution is 7.98. The first-order valence-corrected chi connectivity index (χ1v) is 17.6. The average Bonchev–Trinajstić information content (AvgIpc) is 3.32. The number of hydrogen-bond acceptors (Lipinski definition) is 8. The van der Waals surface area contributed by atoms with Gasteiger partial charge in [0.15, 0.2) is 0 Å². The van der Waals surface area contributed by atoms with Gasteiger partial charge in [0.1, 0.15) is 12.1 Å². The van der Waals surface area contributed by atoms with E-state index in [1.165, 1.54) is 23.1 Å². The molecule has 1 aromatic heterocycles. The van der Waals surface area contributed by atoms with Crippen molar-refractivity contribution >= 4 is 46.7 Å². The summed E-state index contributed by atoms with van der Waals surface area (Å²) in [6.07, 6.45) is 1.95. The summed E-state index contributed by atoms with van der Waals surface area (Å²) in [5.41, 5.74) is 0.917. The molecule has 5 N–H and O–H groups in total. The molecule has 1 aromatic rings. The molecular weight excluding hydrogens is 587 g/mol. The van der Waals surface area contributed by atoms with Crippen LogP contribution in [0.3, 0.4) is 0 Å². The fourth-order valence-corrected chi connectivity index (χ4v) is 5.97. The Labute approximate surface area is 266 Å². The Hall–Kier alpha value is -2.18. The monoisotopic (exact) mass is 641 g/mol. The Morgan fingerprint density at radius 3 is 2.00 bits per heavy atom. The maximum atomic E-state index is 13.4. The van der Waals surface area contributed by atoms with Crippen LogP contribution in [0.5, 0.6) is 0 Å². The number of hydrogen-bond donors (Lipinski definition) is 5. The number of carbonyl (C=O) groups excluding carboxylic acids is 4. The number of thiazole rings is 1. The molecule has 0 bridgehead atoms. The van der Waals surface area contributed by atoms with Crippen molar-refractivity contribution in [3.05, 3.63) is 16.1 Å². The van der Waals surface area contributed by atoms with Crippen molar-refractivity contribution < 1.29 is 24.3 Å². The van der Waals surface area contributed by atoms with Crippen molar-refractivity contribution in [1.82, 2.24) is 26.3 Å². The highest BCUT2D eigenvalue weighted by atomic mass is 32.2. The fraction of sp³-hybridized carbons (Fsp3) is 0.774. The van der Waals surface area contributed by atoms with E-state index in [1.54, 1.807) is 6.92 Å². The molecule has 0 aromatic carbocycles. The highest BCUT2D eigenvalue weighted by Gasteiger charge is 2.32. The largest absolute Gasteiger partial charge is 0.391 e. The molecule has 0 spiro atoms. The van der Waals surface area contributed by atoms with E-state index in [-0.39, 0.29) is 53.7 Å². The van der Waals surface area contributed by atoms with Crippen molar-refractivity contribution in [2.75, 3.05) is 18.6 Å². The number of aliphatic hydroxyl groups is 1. The summed E-state index contributed by atoms with van der Waals surface area (Å²) in [5, 5.41) is 25.6. The Bertz CT molecular complexity index is 1030. The second-order valence-electron chi connectivity index (χ2n) is 12.8. The third kappa shape index (κ3) is 14.4. The molecule has 246 valence electrons. The summed E-state index contributed by atoms with van der Waals surface area (Å²) in [5.74, 6) is -1.41. The van der Waals surface area contributed by atoms with Crippen molar-refractivity contribution in [2.24, 2.45) is 29.6 Å². The molecule has 0 aliphatic rings. The maximum Gasteiger partial charge on any atom is 0.243 e. The van der Waals surface area contributed by atoms with Gasteiger partial charge in [-0.05, 0) is 43.8 Å². The molecular formula is C31H55N5O5S2. The van der Waals surface area contributed by atoms with Crippen LogP contribution in [-0.4, -0.2) is 76.5 Å². The van der Waals surface area contributed by atoms with Gasteiger partial charge in [-0.2, -0.15) is 11.8 Å². The van der Waals surface area contributed by atoms with E-state index in [4.69, 9.17) is 0 Å². The van der Waals surface area contributed by atoms with Crippen molar-refractivity contribution in [3.63, 3.8) is 0 Å². The Kier molecular flexibility index (Phi) is 17.4. The molecule has 0 unspecified atom stereocenters. The van der Waals surface area contributed by atoms with Crippen LogP contribution in [0.2, 0.25) is 0 Å². The Morgan fingerprint density at radius 2 is 1.49 bits per heavy atom. The zero-order valence-electron chi connectivity index (χ0n) is 27.7. The lowest BCUT2D eigenvalue weighted by molar-refractivity contribution is -0.133. The van der Waals surface area contributed by atoms with E-state index in [2.05, 4.69) is 26.3 Å². The molecule has 43 heavy (non-hydrogen) atoms. The minimum Gasteiger partial charge on any atom is -0.391 e. The van der Waals surface area contributed by atoms with Gasteiger partial charge in [-0.3, -0.25) is 19.2 Å². The van der Waals surface area contributed by atoms with Gasteiger partial charge in [-0.1, -0.05) is 55.4 Å². The van der Waals surface area contributed by atoms with Gasteiger partial charge in [0.2, 0.25) is 23.6 Å². The third-order valence-corrected chi connectivity index (χ3v) is 8.71. The molecule has 4 amide bonds. The lowest BCUT2D eigenvalue weighted by Gasteiger charge is -2.30. The summed E-state index contributed by atoms with van der Waals surface area (Å²) < 4.78 is 0. The van der Waals surface area contributed by atoms with Gasteiger partial charge in [-0.15, -0.1) is 11.3 Å². The molecule has 1 rings (SSSR count). The van der Waals surface area contributed by atoms with Crippen LogP contribution in [0.15, 0.2) is 5.38 Å². The Morgan fingerprint density at radius 1 is 0.860 bits per heavy atom. The molecule has 12 heteroatoms. The van der Waals surface area contributed by atoms with Crippen molar-refractivity contribution in [1.29, 1.82) is 0 Å². The normalized spacial score (nSPS) is 15.9. The minimum atomic E-state index is -1.00. The van der Waals surface area contributed by atoms with E-state index in [0.29, 0.717) is 25.1 Å². The highest BCUT2D eigenvalue weighted by Crippen LogP contribution is 2.18. The first kappa shape index (κ1) is 38.8. The van der Waals surface area contributed by atoms with E-state index in [0.717, 1.165) is 10.7 Å². The van der Waals surface area contributed by atoms with Gasteiger partial charge in [-0.25, -0.2) is 4.98 Å². The standard InChI is InChI=1S/C31H55N5O5S2/c1-17(2)11-23(25(37)12-20(7)29(39)36-27(19(5)6)31(41)32-14-18(3)4)34-30(40)24(16-42-10)35-28(38)21(8)13-26-33-22(9)15-43-26/h15,17-21,23-25,27,37H,11-14,16H2,1-10H3,(H,32,41)(H,34,40)(H,35,38)(H,36,39)/t20-,21+,23-,24+,25+,27-/m1/s1. The van der Waals surface area contributed by atoms with Crippen molar-refractivity contribution in [3.8, 4) is 0 Å². The quantitative estimate of drug-likeness (QED) is 0.156. The zero-order chi connectivity index (χ0) is 32.9. The van der Waals surface area contributed by atoms with Crippen LogP contribution < -0.4 is 21.3 Å². The van der Waals surface area contributed by atoms with E-state index >= 15 is 0 Å². The number of thioether (sulfide) groups is 1. The molecule has 10 nitrogen and oxygen atoms in total. The smallest absolute Gasteiger partial charge is 0.243 e. The van der Waals surface area contributed by atoms with E-state index < -0.39 is 30.1 Å². The summed E-state index contributed by atoms with van der Waals surface area (Å²) in [4.78, 5) is 56.6. The SMILES string of the molecule is CSC[C@H](NC(=O)[C@@H](C)Cc1nc(C)cs1)C(=O)N[C@H](CC(C)C)[C@@H](O)C[C@@H](C)C(=O)N[C@@H](C(=O)NCC(C)C)C(C)C. The first-order valence-electron chi connectivity index (χ1n) is 15.3. The average molecular weight is 642 g/mol. The van der Waals surface area contributed by atoms with Gasteiger partial charge in [0.25, 0.3) is 0 Å². The number of aliphatic hydroxyl groups excluding tert-OH is 1. The number of aryl methyl sites for hydroxylation is 1. The Balaban J connectivity index is 2.88. The van der Waals surface area contributed by atoms with Crippen LogP contribution in [0, 0.1) is 36.5 Å². The van der Waals surface area contributed by atoms with E-state index in [1.807, 2.05) is 67.0 Å². The van der Waals surface area contributed by atoms with Crippen LogP contribution >= 0.6 is 23.1 Å². The molecule has 0 aliphatic carbocycles. The lowest BCUT2D eigenvalue weighted by atomic mass is 9.91. The third-order valence-electron chi connectivity index (χ3n) is 7.05. The van der Waals surface area contributed by atoms with Gasteiger partial charge < -0.3 is 26.4 Å².